The van der Waals surface area contributed by atoms with Gasteiger partial charge in [0.25, 0.3) is 0 Å². The highest BCUT2D eigenvalue weighted by Gasteiger charge is 2.19. The topological polar surface area (TPSA) is 21.3 Å². The predicted molar refractivity (Wildman–Crippen MR) is 67.1 cm³/mol. The molecule has 0 spiro atoms. The van der Waals surface area contributed by atoms with Crippen molar-refractivity contribution in [2.45, 2.75) is 38.6 Å². The maximum Gasteiger partial charge on any atom is 0.122 e. The minimum atomic E-state index is 0.809. The number of methoxy groups -OCH3 is 1. The maximum absolute atomic E-state index is 5.33. The quantitative estimate of drug-likeness (QED) is 0.794. The second-order valence-electron chi connectivity index (χ2n) is 4.48. The Morgan fingerprint density at radius 3 is 2.81 bits per heavy atom. The molecule has 2 heteroatoms. The maximum atomic E-state index is 5.33. The molecule has 1 aliphatic carbocycles. The van der Waals surface area contributed by atoms with E-state index in [1.54, 1.807) is 7.11 Å². The van der Waals surface area contributed by atoms with Crippen LogP contribution in [0.1, 0.15) is 30.9 Å². The van der Waals surface area contributed by atoms with Gasteiger partial charge < -0.3 is 10.1 Å². The van der Waals surface area contributed by atoms with Crippen molar-refractivity contribution >= 4 is 0 Å². The molecule has 0 bridgehead atoms. The second kappa shape index (κ2) is 5.35. The number of hydrogen-bond acceptors (Lipinski definition) is 2. The summed E-state index contributed by atoms with van der Waals surface area (Å²) in [4.78, 5) is 0. The van der Waals surface area contributed by atoms with Crippen LogP contribution >= 0.6 is 0 Å². The van der Waals surface area contributed by atoms with Gasteiger partial charge in [-0.05, 0) is 49.4 Å². The number of nitrogens with one attached hydrogen (secondary N) is 1. The van der Waals surface area contributed by atoms with Crippen LogP contribution in [0.4, 0.5) is 0 Å². The first kappa shape index (κ1) is 11.5. The SMILES string of the molecule is CCc1cc(CCNC2CC2)ccc1OC. The van der Waals surface area contributed by atoms with E-state index in [2.05, 4.69) is 30.4 Å². The first-order chi connectivity index (χ1) is 7.83. The van der Waals surface area contributed by atoms with E-state index in [4.69, 9.17) is 4.74 Å². The van der Waals surface area contributed by atoms with Crippen LogP contribution in [0.2, 0.25) is 0 Å². The molecule has 1 aliphatic rings. The number of ether oxygens (including phenoxy) is 1. The third-order valence-corrected chi connectivity index (χ3v) is 3.15. The first-order valence-corrected chi connectivity index (χ1v) is 6.22. The highest BCUT2D eigenvalue weighted by molar-refractivity contribution is 5.37. The Balaban J connectivity index is 1.92. The minimum absolute atomic E-state index is 0.809. The molecule has 0 radical (unpaired) electrons. The third kappa shape index (κ3) is 2.99. The Labute approximate surface area is 98.0 Å². The standard InChI is InChI=1S/C14H21NO/c1-3-12-10-11(4-7-14(12)16-2)8-9-15-13-5-6-13/h4,7,10,13,15H,3,5-6,8-9H2,1-2H3. The summed E-state index contributed by atoms with van der Waals surface area (Å²) >= 11 is 0. The molecular weight excluding hydrogens is 198 g/mol. The Morgan fingerprint density at radius 1 is 1.38 bits per heavy atom. The Morgan fingerprint density at radius 2 is 2.19 bits per heavy atom. The van der Waals surface area contributed by atoms with Crippen LogP contribution in [-0.4, -0.2) is 19.7 Å². The van der Waals surface area contributed by atoms with Gasteiger partial charge in [0.15, 0.2) is 0 Å². The summed E-state index contributed by atoms with van der Waals surface area (Å²) in [5, 5.41) is 3.54. The van der Waals surface area contributed by atoms with Gasteiger partial charge >= 0.3 is 0 Å². The lowest BCUT2D eigenvalue weighted by Crippen LogP contribution is -2.19. The van der Waals surface area contributed by atoms with Gasteiger partial charge in [0.05, 0.1) is 7.11 Å². The highest BCUT2D eigenvalue weighted by Crippen LogP contribution is 2.21. The summed E-state index contributed by atoms with van der Waals surface area (Å²) in [5.74, 6) is 1.02. The normalized spacial score (nSPS) is 15.1. The summed E-state index contributed by atoms with van der Waals surface area (Å²) < 4.78 is 5.33. The molecule has 0 saturated heterocycles. The van der Waals surface area contributed by atoms with Crippen LogP contribution in [0.5, 0.6) is 5.75 Å². The molecule has 1 aromatic carbocycles. The molecule has 1 fully saturated rings. The molecule has 1 saturated carbocycles. The Bertz CT molecular complexity index is 345. The zero-order valence-electron chi connectivity index (χ0n) is 10.3. The minimum Gasteiger partial charge on any atom is -0.496 e. The highest BCUT2D eigenvalue weighted by atomic mass is 16.5. The number of benzene rings is 1. The van der Waals surface area contributed by atoms with Crippen molar-refractivity contribution in [1.82, 2.24) is 5.32 Å². The van der Waals surface area contributed by atoms with Crippen molar-refractivity contribution in [1.29, 1.82) is 0 Å². The molecule has 0 amide bonds. The van der Waals surface area contributed by atoms with E-state index in [0.29, 0.717) is 0 Å². The smallest absolute Gasteiger partial charge is 0.122 e. The van der Waals surface area contributed by atoms with E-state index in [1.165, 1.54) is 24.0 Å². The molecule has 2 nitrogen and oxygen atoms in total. The van der Waals surface area contributed by atoms with E-state index in [9.17, 15) is 0 Å². The number of hydrogen-bond donors (Lipinski definition) is 1. The largest absolute Gasteiger partial charge is 0.496 e. The van der Waals surface area contributed by atoms with E-state index in [1.807, 2.05) is 0 Å². The summed E-state index contributed by atoms with van der Waals surface area (Å²) in [5.41, 5.74) is 2.72. The monoisotopic (exact) mass is 219 g/mol. The first-order valence-electron chi connectivity index (χ1n) is 6.22. The predicted octanol–water partition coefficient (Wildman–Crippen LogP) is 2.55. The molecule has 0 heterocycles. The third-order valence-electron chi connectivity index (χ3n) is 3.15. The van der Waals surface area contributed by atoms with Gasteiger partial charge in [-0.2, -0.15) is 0 Å². The van der Waals surface area contributed by atoms with Crippen molar-refractivity contribution < 1.29 is 4.74 Å². The van der Waals surface area contributed by atoms with Crippen LogP contribution < -0.4 is 10.1 Å². The second-order valence-corrected chi connectivity index (χ2v) is 4.48. The van der Waals surface area contributed by atoms with Crippen LogP contribution in [0.15, 0.2) is 18.2 Å². The van der Waals surface area contributed by atoms with E-state index in [0.717, 1.165) is 31.2 Å². The number of rotatable bonds is 6. The van der Waals surface area contributed by atoms with Crippen LogP contribution in [-0.2, 0) is 12.8 Å². The Kier molecular flexibility index (Phi) is 3.83. The van der Waals surface area contributed by atoms with Crippen molar-refractivity contribution in [3.8, 4) is 5.75 Å². The average Bonchev–Trinajstić information content (AvgIpc) is 3.13. The molecule has 0 aromatic heterocycles. The summed E-state index contributed by atoms with van der Waals surface area (Å²) in [6, 6.07) is 7.34. The molecule has 88 valence electrons. The van der Waals surface area contributed by atoms with Gasteiger partial charge in [0, 0.05) is 6.04 Å². The zero-order chi connectivity index (χ0) is 11.4. The van der Waals surface area contributed by atoms with Gasteiger partial charge in [-0.25, -0.2) is 0 Å². The van der Waals surface area contributed by atoms with Crippen LogP contribution in [0.25, 0.3) is 0 Å². The summed E-state index contributed by atoms with van der Waals surface area (Å²) in [6.07, 6.45) is 4.88. The van der Waals surface area contributed by atoms with Gasteiger partial charge in [0.1, 0.15) is 5.75 Å². The van der Waals surface area contributed by atoms with E-state index < -0.39 is 0 Å². The van der Waals surface area contributed by atoms with E-state index in [-0.39, 0.29) is 0 Å². The molecule has 0 aliphatic heterocycles. The van der Waals surface area contributed by atoms with E-state index >= 15 is 0 Å². The van der Waals surface area contributed by atoms with Gasteiger partial charge in [0.2, 0.25) is 0 Å². The summed E-state index contributed by atoms with van der Waals surface area (Å²) in [7, 11) is 1.74. The lowest BCUT2D eigenvalue weighted by Gasteiger charge is -2.09. The molecule has 2 rings (SSSR count). The molecule has 1 aromatic rings. The fraction of sp³-hybridized carbons (Fsp3) is 0.571. The van der Waals surface area contributed by atoms with Crippen molar-refractivity contribution in [3.05, 3.63) is 29.3 Å². The fourth-order valence-electron chi connectivity index (χ4n) is 1.97. The van der Waals surface area contributed by atoms with Crippen LogP contribution in [0.3, 0.4) is 0 Å². The molecular formula is C14H21NO. The molecule has 0 atom stereocenters. The van der Waals surface area contributed by atoms with Crippen LogP contribution in [0, 0.1) is 0 Å². The molecule has 0 unspecified atom stereocenters. The zero-order valence-corrected chi connectivity index (χ0v) is 10.3. The van der Waals surface area contributed by atoms with Crippen molar-refractivity contribution in [2.75, 3.05) is 13.7 Å². The van der Waals surface area contributed by atoms with Gasteiger partial charge in [-0.1, -0.05) is 19.1 Å². The van der Waals surface area contributed by atoms with Gasteiger partial charge in [-0.3, -0.25) is 0 Å². The lowest BCUT2D eigenvalue weighted by atomic mass is 10.1. The Hall–Kier alpha value is -1.02. The lowest BCUT2D eigenvalue weighted by molar-refractivity contribution is 0.410. The van der Waals surface area contributed by atoms with Crippen molar-refractivity contribution in [3.63, 3.8) is 0 Å². The molecule has 16 heavy (non-hydrogen) atoms. The number of aryl methyl sites for hydroxylation is 1. The molecule has 1 N–H and O–H groups in total. The average molecular weight is 219 g/mol. The fourth-order valence-corrected chi connectivity index (χ4v) is 1.97. The summed E-state index contributed by atoms with van der Waals surface area (Å²) in [6.45, 7) is 3.27. The van der Waals surface area contributed by atoms with Crippen molar-refractivity contribution in [2.24, 2.45) is 0 Å². The van der Waals surface area contributed by atoms with Gasteiger partial charge in [-0.15, -0.1) is 0 Å².